The molecule has 52 heavy (non-hydrogen) atoms. The van der Waals surface area contributed by atoms with Gasteiger partial charge in [0.25, 0.3) is 0 Å². The van der Waals surface area contributed by atoms with Crippen molar-refractivity contribution in [2.75, 3.05) is 0 Å². The molecule has 0 atom stereocenters. The van der Waals surface area contributed by atoms with Gasteiger partial charge in [-0.1, -0.05) is 166 Å². The highest BCUT2D eigenvalue weighted by Gasteiger charge is 2.35. The lowest BCUT2D eigenvalue weighted by atomic mass is 9.82. The smallest absolute Gasteiger partial charge is 0.164 e. The molecule has 3 heteroatoms. The van der Waals surface area contributed by atoms with Crippen LogP contribution in [-0.2, 0) is 11.8 Å². The second kappa shape index (κ2) is 11.8. The average molecular weight is 666 g/mol. The van der Waals surface area contributed by atoms with Gasteiger partial charge in [0.1, 0.15) is 0 Å². The lowest BCUT2D eigenvalue weighted by Crippen LogP contribution is -2.15. The third-order valence-corrected chi connectivity index (χ3v) is 11.0. The van der Waals surface area contributed by atoms with Crippen LogP contribution in [0.25, 0.3) is 78.7 Å². The van der Waals surface area contributed by atoms with E-state index >= 15 is 0 Å². The molecule has 2 aliphatic rings. The van der Waals surface area contributed by atoms with E-state index in [4.69, 9.17) is 15.0 Å². The zero-order valence-corrected chi connectivity index (χ0v) is 29.1. The third-order valence-electron chi connectivity index (χ3n) is 11.0. The van der Waals surface area contributed by atoms with Crippen LogP contribution in [0.4, 0.5) is 0 Å². The molecule has 246 valence electrons. The molecule has 1 heterocycles. The topological polar surface area (TPSA) is 38.7 Å². The van der Waals surface area contributed by atoms with Gasteiger partial charge in [-0.25, -0.2) is 15.0 Å². The summed E-state index contributed by atoms with van der Waals surface area (Å²) in [5, 5.41) is 0. The van der Waals surface area contributed by atoms with E-state index in [9.17, 15) is 0 Å². The minimum Gasteiger partial charge on any atom is -0.208 e. The molecule has 3 nitrogen and oxygen atoms in total. The summed E-state index contributed by atoms with van der Waals surface area (Å²) in [4.78, 5) is 15.8. The maximum atomic E-state index is 5.30. The van der Waals surface area contributed by atoms with Crippen LogP contribution in [0.1, 0.15) is 36.1 Å². The van der Waals surface area contributed by atoms with Gasteiger partial charge in [0.15, 0.2) is 17.5 Å². The second-order valence-electron chi connectivity index (χ2n) is 14.4. The first-order valence-electron chi connectivity index (χ1n) is 18.0. The first-order valence-corrected chi connectivity index (χ1v) is 18.0. The van der Waals surface area contributed by atoms with Crippen molar-refractivity contribution >= 4 is 0 Å². The van der Waals surface area contributed by atoms with E-state index in [0.29, 0.717) is 17.5 Å². The normalized spacial score (nSPS) is 13.3. The minimum absolute atomic E-state index is 0.132. The van der Waals surface area contributed by atoms with E-state index in [1.807, 2.05) is 6.07 Å². The molecule has 7 aromatic carbocycles. The number of hydrogen-bond donors (Lipinski definition) is 0. The van der Waals surface area contributed by atoms with Gasteiger partial charge in [0.2, 0.25) is 0 Å². The molecule has 0 spiro atoms. The molecule has 0 saturated carbocycles. The highest BCUT2D eigenvalue weighted by molar-refractivity contribution is 5.89. The van der Waals surface area contributed by atoms with Crippen LogP contribution in [0.5, 0.6) is 0 Å². The number of rotatable bonds is 5. The molecule has 2 aliphatic carbocycles. The first kappa shape index (κ1) is 30.4. The Kier molecular flexibility index (Phi) is 6.91. The molecule has 8 aromatic rings. The summed E-state index contributed by atoms with van der Waals surface area (Å²) in [6.45, 7) is 4.63. The van der Waals surface area contributed by atoms with Crippen molar-refractivity contribution in [2.45, 2.75) is 25.7 Å². The molecule has 1 aromatic heterocycles. The zero-order valence-electron chi connectivity index (χ0n) is 29.1. The molecule has 0 radical (unpaired) electrons. The largest absolute Gasteiger partial charge is 0.208 e. The van der Waals surface area contributed by atoms with Gasteiger partial charge in [-0.2, -0.15) is 0 Å². The van der Waals surface area contributed by atoms with Crippen molar-refractivity contribution in [3.63, 3.8) is 0 Å². The van der Waals surface area contributed by atoms with Gasteiger partial charge >= 0.3 is 0 Å². The molecule has 10 rings (SSSR count). The molecular formula is C49H35N3. The Labute approximate surface area is 304 Å². The lowest BCUT2D eigenvalue weighted by Gasteiger charge is -2.21. The predicted molar refractivity (Wildman–Crippen MR) is 213 cm³/mol. The quantitative estimate of drug-likeness (QED) is 0.184. The van der Waals surface area contributed by atoms with Crippen molar-refractivity contribution in [1.82, 2.24) is 15.0 Å². The Morgan fingerprint density at radius 2 is 0.846 bits per heavy atom. The number of nitrogens with zero attached hydrogens (tertiary/aromatic N) is 3. The van der Waals surface area contributed by atoms with Gasteiger partial charge < -0.3 is 0 Å². The summed E-state index contributed by atoms with van der Waals surface area (Å²) in [7, 11) is 0. The predicted octanol–water partition coefficient (Wildman–Crippen LogP) is 12.1. The Morgan fingerprint density at radius 1 is 0.346 bits per heavy atom. The van der Waals surface area contributed by atoms with E-state index in [2.05, 4.69) is 172 Å². The van der Waals surface area contributed by atoms with E-state index < -0.39 is 0 Å². The summed E-state index contributed by atoms with van der Waals surface area (Å²) in [6, 6.07) is 58.4. The molecule has 0 aliphatic heterocycles. The molecule has 0 saturated heterocycles. The summed E-state index contributed by atoms with van der Waals surface area (Å²) in [5.74, 6) is 2.04. The number of fused-ring (bicyclic) bond motifs is 6. The number of benzene rings is 7. The molecule has 0 unspecified atom stereocenters. The Hall–Kier alpha value is -6.45. The van der Waals surface area contributed by atoms with Crippen LogP contribution in [0.3, 0.4) is 0 Å². The van der Waals surface area contributed by atoms with Crippen molar-refractivity contribution in [2.24, 2.45) is 0 Å². The van der Waals surface area contributed by atoms with Gasteiger partial charge in [-0.15, -0.1) is 0 Å². The van der Waals surface area contributed by atoms with Gasteiger partial charge in [0, 0.05) is 28.5 Å². The lowest BCUT2D eigenvalue weighted by molar-refractivity contribution is 0.660. The monoisotopic (exact) mass is 665 g/mol. The van der Waals surface area contributed by atoms with E-state index in [0.717, 1.165) is 34.2 Å². The summed E-state index contributed by atoms with van der Waals surface area (Å²) in [5.41, 5.74) is 18.0. The van der Waals surface area contributed by atoms with Crippen molar-refractivity contribution in [3.05, 3.63) is 186 Å². The zero-order chi connectivity index (χ0) is 34.8. The number of aromatic nitrogens is 3. The van der Waals surface area contributed by atoms with Gasteiger partial charge in [-0.3, -0.25) is 0 Å². The Morgan fingerprint density at radius 3 is 1.60 bits per heavy atom. The Balaban J connectivity index is 1.15. The van der Waals surface area contributed by atoms with E-state index in [-0.39, 0.29) is 5.41 Å². The molecular weight excluding hydrogens is 631 g/mol. The molecule has 0 amide bonds. The van der Waals surface area contributed by atoms with Crippen molar-refractivity contribution < 1.29 is 0 Å². The fourth-order valence-corrected chi connectivity index (χ4v) is 8.40. The molecule has 0 N–H and O–H groups in total. The first-order chi connectivity index (χ1) is 25.5. The highest BCUT2D eigenvalue weighted by Crippen LogP contribution is 2.50. The van der Waals surface area contributed by atoms with E-state index in [1.165, 1.54) is 55.6 Å². The minimum atomic E-state index is -0.132. The van der Waals surface area contributed by atoms with Crippen molar-refractivity contribution in [1.29, 1.82) is 0 Å². The van der Waals surface area contributed by atoms with Crippen molar-refractivity contribution in [3.8, 4) is 78.7 Å². The van der Waals surface area contributed by atoms with Crippen LogP contribution in [0.15, 0.2) is 164 Å². The maximum absolute atomic E-state index is 5.30. The Bertz CT molecular complexity index is 2670. The van der Waals surface area contributed by atoms with Gasteiger partial charge in [-0.05, 0) is 78.9 Å². The van der Waals surface area contributed by atoms with Crippen LogP contribution < -0.4 is 0 Å². The molecule has 0 bridgehead atoms. The fraction of sp³-hybridized carbons (Fsp3) is 0.0816. The van der Waals surface area contributed by atoms with Crippen LogP contribution in [0, 0.1) is 0 Å². The summed E-state index contributed by atoms with van der Waals surface area (Å²) < 4.78 is 0. The fourth-order valence-electron chi connectivity index (χ4n) is 8.40. The van der Waals surface area contributed by atoms with Gasteiger partial charge in [0.05, 0.1) is 0 Å². The SMILES string of the molecule is CC1(C)c2ccccc2-c2ccc(-c3nc(-c4cccc(-c5ccccc5)c4)nc(-c4cccc5c4Cc4c(-c6ccccc6)cccc4-5)n3)cc21. The van der Waals surface area contributed by atoms with Crippen LogP contribution in [0.2, 0.25) is 0 Å². The third kappa shape index (κ3) is 4.85. The summed E-state index contributed by atoms with van der Waals surface area (Å²) >= 11 is 0. The molecule has 0 fully saturated rings. The van der Waals surface area contributed by atoms with Crippen LogP contribution in [-0.4, -0.2) is 15.0 Å². The second-order valence-corrected chi connectivity index (χ2v) is 14.4. The van der Waals surface area contributed by atoms with Crippen LogP contribution >= 0.6 is 0 Å². The standard InChI is InChI=1S/C49H35N3/c1-49(2)44-25-10-9-20-39(44)40-27-26-35(29-45(40)49)47-50-46(34-19-11-18-33(28-34)31-14-5-3-6-15-31)51-48(52-47)41-24-13-23-38-37-22-12-21-36(42(37)30-43(38)41)32-16-7-4-8-17-32/h3-29H,30H2,1-2H3. The average Bonchev–Trinajstić information content (AvgIpc) is 3.70. The highest BCUT2D eigenvalue weighted by atomic mass is 15.0. The van der Waals surface area contributed by atoms with E-state index in [1.54, 1.807) is 0 Å². The summed E-state index contributed by atoms with van der Waals surface area (Å²) in [6.07, 6.45) is 0.817. The maximum Gasteiger partial charge on any atom is 0.164 e. The number of hydrogen-bond acceptors (Lipinski definition) is 3.